The molecule has 2 heterocycles. The summed E-state index contributed by atoms with van der Waals surface area (Å²) in [5, 5.41) is 9.02. The van der Waals surface area contributed by atoms with Gasteiger partial charge in [0.2, 0.25) is 0 Å². The van der Waals surface area contributed by atoms with Gasteiger partial charge in [-0.2, -0.15) is 0 Å². The number of carboxylic acid groups (broad SMARTS) is 1. The predicted molar refractivity (Wildman–Crippen MR) is 50.4 cm³/mol. The molecule has 4 heteroatoms. The lowest BCUT2D eigenvalue weighted by atomic mass is 10.0. The smallest absolute Gasteiger partial charge is 0.339 e. The van der Waals surface area contributed by atoms with Crippen LogP contribution in [0.15, 0.2) is 4.42 Å². The lowest BCUT2D eigenvalue weighted by molar-refractivity contribution is 0.0693. The van der Waals surface area contributed by atoms with Gasteiger partial charge in [0.05, 0.1) is 0 Å². The fraction of sp³-hybridized carbons (Fsp3) is 0.500. The number of rotatable bonds is 1. The van der Waals surface area contributed by atoms with Crippen molar-refractivity contribution in [3.63, 3.8) is 0 Å². The molecule has 1 N–H and O–H groups in total. The third-order valence-corrected chi connectivity index (χ3v) is 2.63. The number of carbonyl (C=O) groups is 1. The Morgan fingerprint density at radius 2 is 2.29 bits per heavy atom. The molecular formula is C10H13NO3. The van der Waals surface area contributed by atoms with Crippen LogP contribution in [0.5, 0.6) is 0 Å². The number of aryl methyl sites for hydroxylation is 1. The Kier molecular flexibility index (Phi) is 2.07. The van der Waals surface area contributed by atoms with E-state index in [1.54, 1.807) is 6.92 Å². The van der Waals surface area contributed by atoms with Gasteiger partial charge in [-0.25, -0.2) is 4.79 Å². The second-order valence-electron chi connectivity index (χ2n) is 3.73. The van der Waals surface area contributed by atoms with Gasteiger partial charge in [0.25, 0.3) is 0 Å². The number of carboxylic acids is 1. The maximum absolute atomic E-state index is 11.0. The molecule has 0 aliphatic carbocycles. The van der Waals surface area contributed by atoms with Crippen molar-refractivity contribution in [3.05, 3.63) is 22.6 Å². The van der Waals surface area contributed by atoms with Gasteiger partial charge in [0, 0.05) is 25.1 Å². The van der Waals surface area contributed by atoms with Crippen LogP contribution in [0.2, 0.25) is 0 Å². The molecule has 0 aromatic carbocycles. The maximum atomic E-state index is 11.0. The lowest BCUT2D eigenvalue weighted by Crippen LogP contribution is -2.26. The first-order valence-electron chi connectivity index (χ1n) is 4.62. The van der Waals surface area contributed by atoms with E-state index in [0.29, 0.717) is 17.9 Å². The molecule has 0 saturated carbocycles. The Labute approximate surface area is 82.1 Å². The average Bonchev–Trinajstić information content (AvgIpc) is 2.40. The van der Waals surface area contributed by atoms with E-state index in [1.165, 1.54) is 0 Å². The van der Waals surface area contributed by atoms with Gasteiger partial charge >= 0.3 is 5.97 Å². The van der Waals surface area contributed by atoms with Crippen molar-refractivity contribution in [1.29, 1.82) is 0 Å². The first-order chi connectivity index (χ1) is 6.59. The number of likely N-dealkylation sites (N-methyl/N-ethyl adjacent to an activating group) is 1. The second-order valence-corrected chi connectivity index (χ2v) is 3.73. The summed E-state index contributed by atoms with van der Waals surface area (Å²) in [7, 11) is 1.98. The second kappa shape index (κ2) is 3.13. The molecule has 4 nitrogen and oxygen atoms in total. The van der Waals surface area contributed by atoms with Crippen LogP contribution in [-0.4, -0.2) is 29.6 Å². The molecule has 0 spiro atoms. The van der Waals surface area contributed by atoms with Crippen molar-refractivity contribution < 1.29 is 14.3 Å². The summed E-state index contributed by atoms with van der Waals surface area (Å²) in [5.74, 6) is 0.485. The lowest BCUT2D eigenvalue weighted by Gasteiger charge is -2.21. The summed E-state index contributed by atoms with van der Waals surface area (Å²) >= 11 is 0. The van der Waals surface area contributed by atoms with Crippen LogP contribution in [0.25, 0.3) is 0 Å². The molecule has 14 heavy (non-hydrogen) atoms. The fourth-order valence-electron chi connectivity index (χ4n) is 1.94. The molecule has 0 bridgehead atoms. The normalized spacial score (nSPS) is 16.7. The van der Waals surface area contributed by atoms with E-state index >= 15 is 0 Å². The highest BCUT2D eigenvalue weighted by atomic mass is 16.4. The van der Waals surface area contributed by atoms with Gasteiger partial charge in [0.1, 0.15) is 17.1 Å². The van der Waals surface area contributed by atoms with Gasteiger partial charge in [-0.3, -0.25) is 0 Å². The van der Waals surface area contributed by atoms with Gasteiger partial charge < -0.3 is 14.4 Å². The van der Waals surface area contributed by atoms with E-state index in [4.69, 9.17) is 9.52 Å². The Morgan fingerprint density at radius 3 is 2.93 bits per heavy atom. The largest absolute Gasteiger partial charge is 0.478 e. The minimum atomic E-state index is -0.886. The zero-order valence-corrected chi connectivity index (χ0v) is 8.33. The molecule has 0 unspecified atom stereocenters. The van der Waals surface area contributed by atoms with E-state index in [-0.39, 0.29) is 0 Å². The average molecular weight is 195 g/mol. The van der Waals surface area contributed by atoms with Crippen LogP contribution in [0, 0.1) is 6.92 Å². The Hall–Kier alpha value is -1.29. The molecule has 1 aromatic rings. The summed E-state index contributed by atoms with van der Waals surface area (Å²) in [5.41, 5.74) is 1.20. The third kappa shape index (κ3) is 1.32. The predicted octanol–water partition coefficient (Wildman–Crippen LogP) is 1.27. The van der Waals surface area contributed by atoms with Crippen molar-refractivity contribution >= 4 is 5.97 Å². The Morgan fingerprint density at radius 1 is 1.57 bits per heavy atom. The van der Waals surface area contributed by atoms with Crippen LogP contribution in [0.3, 0.4) is 0 Å². The zero-order chi connectivity index (χ0) is 10.3. The molecule has 0 amide bonds. The topological polar surface area (TPSA) is 53.7 Å². The standard InChI is InChI=1S/C10H13NO3/c1-6-9(10(12)13)7-5-11(2)4-3-8(7)14-6/h3-5H2,1-2H3,(H,12,13). The molecule has 1 aliphatic rings. The van der Waals surface area contributed by atoms with E-state index in [2.05, 4.69) is 4.90 Å². The Balaban J connectivity index is 2.50. The van der Waals surface area contributed by atoms with Crippen LogP contribution in [0.4, 0.5) is 0 Å². The molecular weight excluding hydrogens is 182 g/mol. The van der Waals surface area contributed by atoms with E-state index in [9.17, 15) is 4.79 Å². The summed E-state index contributed by atoms with van der Waals surface area (Å²) in [6.07, 6.45) is 0.806. The maximum Gasteiger partial charge on any atom is 0.339 e. The zero-order valence-electron chi connectivity index (χ0n) is 8.33. The number of nitrogens with zero attached hydrogens (tertiary/aromatic N) is 1. The minimum Gasteiger partial charge on any atom is -0.478 e. The molecule has 0 atom stereocenters. The van der Waals surface area contributed by atoms with Crippen molar-refractivity contribution in [2.45, 2.75) is 19.9 Å². The fourth-order valence-corrected chi connectivity index (χ4v) is 1.94. The number of furan rings is 1. The summed E-state index contributed by atoms with van der Waals surface area (Å²) in [6.45, 7) is 3.31. The molecule has 1 aromatic heterocycles. The monoisotopic (exact) mass is 195 g/mol. The first-order valence-corrected chi connectivity index (χ1v) is 4.62. The van der Waals surface area contributed by atoms with Gasteiger partial charge in [-0.15, -0.1) is 0 Å². The molecule has 0 saturated heterocycles. The molecule has 1 aliphatic heterocycles. The van der Waals surface area contributed by atoms with E-state index in [1.807, 2.05) is 7.05 Å². The van der Waals surface area contributed by atoms with Crippen molar-refractivity contribution in [2.24, 2.45) is 0 Å². The summed E-state index contributed by atoms with van der Waals surface area (Å²) in [4.78, 5) is 13.1. The van der Waals surface area contributed by atoms with Crippen molar-refractivity contribution in [2.75, 3.05) is 13.6 Å². The quantitative estimate of drug-likeness (QED) is 0.733. The van der Waals surface area contributed by atoms with Crippen LogP contribution in [0.1, 0.15) is 27.4 Å². The number of aromatic carboxylic acids is 1. The minimum absolute atomic E-state index is 0.353. The van der Waals surface area contributed by atoms with E-state index in [0.717, 1.165) is 24.3 Å². The van der Waals surface area contributed by atoms with E-state index < -0.39 is 5.97 Å². The van der Waals surface area contributed by atoms with Gasteiger partial charge in [-0.1, -0.05) is 0 Å². The SMILES string of the molecule is Cc1oc2c(c1C(=O)O)CN(C)CC2. The summed E-state index contributed by atoms with van der Waals surface area (Å²) < 4.78 is 5.44. The summed E-state index contributed by atoms with van der Waals surface area (Å²) in [6, 6.07) is 0. The number of fused-ring (bicyclic) bond motifs is 1. The van der Waals surface area contributed by atoms with Crippen LogP contribution < -0.4 is 0 Å². The first kappa shape index (κ1) is 9.27. The van der Waals surface area contributed by atoms with Crippen molar-refractivity contribution in [3.8, 4) is 0 Å². The molecule has 0 fully saturated rings. The highest BCUT2D eigenvalue weighted by molar-refractivity contribution is 5.90. The van der Waals surface area contributed by atoms with Crippen molar-refractivity contribution in [1.82, 2.24) is 4.90 Å². The van der Waals surface area contributed by atoms with Crippen LogP contribution >= 0.6 is 0 Å². The molecule has 2 rings (SSSR count). The molecule has 76 valence electrons. The highest BCUT2D eigenvalue weighted by Crippen LogP contribution is 2.27. The highest BCUT2D eigenvalue weighted by Gasteiger charge is 2.26. The molecule has 0 radical (unpaired) electrons. The third-order valence-electron chi connectivity index (χ3n) is 2.63. The van der Waals surface area contributed by atoms with Gasteiger partial charge in [-0.05, 0) is 14.0 Å². The number of hydrogen-bond acceptors (Lipinski definition) is 3. The Bertz CT molecular complexity index is 381. The van der Waals surface area contributed by atoms with Gasteiger partial charge in [0.15, 0.2) is 0 Å². The van der Waals surface area contributed by atoms with Crippen LogP contribution in [-0.2, 0) is 13.0 Å². The number of hydrogen-bond donors (Lipinski definition) is 1.